The number of hydrogen-bond acceptors (Lipinski definition) is 3. The molecule has 5 nitrogen and oxygen atoms in total. The van der Waals surface area contributed by atoms with E-state index in [1.54, 1.807) is 12.1 Å². The third kappa shape index (κ3) is 3.61. The number of likely N-dealkylation sites (tertiary alicyclic amines) is 1. The van der Waals surface area contributed by atoms with Crippen LogP contribution in [0.25, 0.3) is 0 Å². The van der Waals surface area contributed by atoms with E-state index in [1.165, 1.54) is 12.1 Å². The molecule has 0 aliphatic carbocycles. The number of piperidine rings is 1. The Hall–Kier alpha value is -1.95. The highest BCUT2D eigenvalue weighted by Crippen LogP contribution is 2.35. The Labute approximate surface area is 153 Å². The maximum absolute atomic E-state index is 13.5. The number of carboxylic acid groups (broad SMARTS) is 1. The number of amides is 1. The average molecular weight is 363 g/mol. The molecule has 2 atom stereocenters. The van der Waals surface area contributed by atoms with Crippen molar-refractivity contribution in [1.29, 1.82) is 0 Å². The van der Waals surface area contributed by atoms with Crippen molar-refractivity contribution in [1.82, 2.24) is 4.90 Å². The zero-order chi connectivity index (χ0) is 18.9. The summed E-state index contributed by atoms with van der Waals surface area (Å²) in [5.41, 5.74) is -0.141. The summed E-state index contributed by atoms with van der Waals surface area (Å²) in [6.07, 6.45) is 1.78. The molecule has 2 heterocycles. The van der Waals surface area contributed by atoms with E-state index in [-0.39, 0.29) is 23.7 Å². The van der Waals surface area contributed by atoms with E-state index in [1.807, 2.05) is 18.7 Å². The van der Waals surface area contributed by atoms with Crippen molar-refractivity contribution in [2.24, 2.45) is 11.8 Å². The third-order valence-electron chi connectivity index (χ3n) is 5.83. The molecule has 2 fully saturated rings. The van der Waals surface area contributed by atoms with E-state index in [0.29, 0.717) is 31.7 Å². The fourth-order valence-corrected chi connectivity index (χ4v) is 4.17. The van der Waals surface area contributed by atoms with Crippen molar-refractivity contribution in [3.8, 4) is 0 Å². The second-order valence-electron chi connectivity index (χ2n) is 7.83. The molecule has 1 aromatic carbocycles. The van der Waals surface area contributed by atoms with E-state index < -0.39 is 17.3 Å². The molecule has 2 aliphatic rings. The Balaban J connectivity index is 1.64. The van der Waals surface area contributed by atoms with Gasteiger partial charge in [0, 0.05) is 19.7 Å². The van der Waals surface area contributed by atoms with Crippen LogP contribution in [0.5, 0.6) is 0 Å². The second kappa shape index (κ2) is 7.35. The van der Waals surface area contributed by atoms with Gasteiger partial charge in [0.25, 0.3) is 0 Å². The predicted octanol–water partition coefficient (Wildman–Crippen LogP) is 2.83. The Morgan fingerprint density at radius 3 is 2.54 bits per heavy atom. The number of carbonyl (C=O) groups is 2. The lowest BCUT2D eigenvalue weighted by molar-refractivity contribution is -0.146. The highest BCUT2D eigenvalue weighted by Gasteiger charge is 2.42. The molecule has 6 heteroatoms. The van der Waals surface area contributed by atoms with Gasteiger partial charge >= 0.3 is 5.97 Å². The van der Waals surface area contributed by atoms with Gasteiger partial charge in [-0.05, 0) is 56.7 Å². The summed E-state index contributed by atoms with van der Waals surface area (Å²) in [6, 6.07) is 6.18. The van der Waals surface area contributed by atoms with Crippen molar-refractivity contribution in [2.45, 2.75) is 44.6 Å². The van der Waals surface area contributed by atoms with Gasteiger partial charge in [-0.3, -0.25) is 9.59 Å². The van der Waals surface area contributed by atoms with Gasteiger partial charge in [-0.2, -0.15) is 0 Å². The monoisotopic (exact) mass is 363 g/mol. The van der Waals surface area contributed by atoms with E-state index in [0.717, 1.165) is 12.8 Å². The summed E-state index contributed by atoms with van der Waals surface area (Å²) >= 11 is 0. The van der Waals surface area contributed by atoms with E-state index >= 15 is 0 Å². The van der Waals surface area contributed by atoms with Crippen LogP contribution in [-0.2, 0) is 19.7 Å². The molecule has 1 N–H and O–H groups in total. The van der Waals surface area contributed by atoms with Gasteiger partial charge in [-0.15, -0.1) is 0 Å². The number of aliphatic carboxylic acids is 1. The first-order valence-electron chi connectivity index (χ1n) is 9.20. The molecule has 2 aliphatic heterocycles. The molecule has 0 aromatic heterocycles. The van der Waals surface area contributed by atoms with Crippen molar-refractivity contribution in [3.05, 3.63) is 35.6 Å². The van der Waals surface area contributed by atoms with Crippen molar-refractivity contribution < 1.29 is 23.8 Å². The van der Waals surface area contributed by atoms with E-state index in [2.05, 4.69) is 0 Å². The van der Waals surface area contributed by atoms with Crippen LogP contribution in [0, 0.1) is 17.7 Å². The van der Waals surface area contributed by atoms with Gasteiger partial charge in [-0.25, -0.2) is 4.39 Å². The summed E-state index contributed by atoms with van der Waals surface area (Å²) in [4.78, 5) is 26.2. The van der Waals surface area contributed by atoms with Gasteiger partial charge in [0.15, 0.2) is 0 Å². The molecule has 0 saturated carbocycles. The molecule has 0 bridgehead atoms. The van der Waals surface area contributed by atoms with E-state index in [9.17, 15) is 19.1 Å². The van der Waals surface area contributed by atoms with Gasteiger partial charge in [0.1, 0.15) is 5.82 Å². The minimum Gasteiger partial charge on any atom is -0.481 e. The SMILES string of the molecule is CC(C)(C(=O)N1CCC([C@@H]2OCCC2C(=O)O)CC1)c1cccc(F)c1. The van der Waals surface area contributed by atoms with Crippen molar-refractivity contribution >= 4 is 11.9 Å². The first-order chi connectivity index (χ1) is 12.3. The molecular formula is C20H26FNO4. The molecule has 1 amide bonds. The minimum absolute atomic E-state index is 0.0244. The average Bonchev–Trinajstić information content (AvgIpc) is 3.11. The number of ether oxygens (including phenoxy) is 1. The first kappa shape index (κ1) is 18.8. The smallest absolute Gasteiger partial charge is 0.309 e. The summed E-state index contributed by atoms with van der Waals surface area (Å²) in [7, 11) is 0. The molecule has 0 spiro atoms. The van der Waals surface area contributed by atoms with Crippen LogP contribution < -0.4 is 0 Å². The molecular weight excluding hydrogens is 337 g/mol. The summed E-state index contributed by atoms with van der Waals surface area (Å²) in [5, 5.41) is 9.33. The number of nitrogens with zero attached hydrogens (tertiary/aromatic N) is 1. The van der Waals surface area contributed by atoms with Crippen LogP contribution in [0.4, 0.5) is 4.39 Å². The van der Waals surface area contributed by atoms with Crippen LogP contribution in [0.1, 0.15) is 38.7 Å². The maximum atomic E-state index is 13.5. The predicted molar refractivity (Wildman–Crippen MR) is 94.2 cm³/mol. The van der Waals surface area contributed by atoms with Crippen molar-refractivity contribution in [3.63, 3.8) is 0 Å². The fourth-order valence-electron chi connectivity index (χ4n) is 4.17. The number of halogens is 1. The van der Waals surface area contributed by atoms with Crippen LogP contribution in [0.3, 0.4) is 0 Å². The van der Waals surface area contributed by atoms with Crippen LogP contribution in [-0.4, -0.2) is 47.7 Å². The topological polar surface area (TPSA) is 66.8 Å². The number of carbonyl (C=O) groups excluding carboxylic acids is 1. The Morgan fingerprint density at radius 1 is 1.23 bits per heavy atom. The zero-order valence-corrected chi connectivity index (χ0v) is 15.3. The van der Waals surface area contributed by atoms with Gasteiger partial charge < -0.3 is 14.7 Å². The summed E-state index contributed by atoms with van der Waals surface area (Å²) in [5.74, 6) is -1.44. The van der Waals surface area contributed by atoms with Crippen LogP contribution in [0.2, 0.25) is 0 Å². The lowest BCUT2D eigenvalue weighted by atomic mass is 9.80. The molecule has 0 radical (unpaired) electrons. The number of carboxylic acids is 1. The maximum Gasteiger partial charge on any atom is 0.309 e. The van der Waals surface area contributed by atoms with Gasteiger partial charge in [0.05, 0.1) is 17.4 Å². The molecule has 3 rings (SSSR count). The number of benzene rings is 1. The normalized spacial score (nSPS) is 24.7. The molecule has 1 aromatic rings. The zero-order valence-electron chi connectivity index (χ0n) is 15.3. The third-order valence-corrected chi connectivity index (χ3v) is 5.83. The highest BCUT2D eigenvalue weighted by atomic mass is 19.1. The van der Waals surface area contributed by atoms with E-state index in [4.69, 9.17) is 4.74 Å². The lowest BCUT2D eigenvalue weighted by Gasteiger charge is -2.39. The largest absolute Gasteiger partial charge is 0.481 e. The minimum atomic E-state index is -0.803. The Kier molecular flexibility index (Phi) is 5.32. The molecule has 26 heavy (non-hydrogen) atoms. The Bertz CT molecular complexity index is 682. The molecule has 142 valence electrons. The van der Waals surface area contributed by atoms with Crippen LogP contribution >= 0.6 is 0 Å². The van der Waals surface area contributed by atoms with Crippen molar-refractivity contribution in [2.75, 3.05) is 19.7 Å². The number of hydrogen-bond donors (Lipinski definition) is 1. The lowest BCUT2D eigenvalue weighted by Crippen LogP contribution is -2.49. The standard InChI is InChI=1S/C20H26FNO4/c1-20(2,14-4-3-5-15(21)12-14)19(25)22-9-6-13(7-10-22)17-16(18(23)24)8-11-26-17/h3-5,12-13,16-17H,6-11H2,1-2H3,(H,23,24)/t16?,17-/m0/s1. The van der Waals surface area contributed by atoms with Crippen LogP contribution in [0.15, 0.2) is 24.3 Å². The van der Waals surface area contributed by atoms with Gasteiger partial charge in [-0.1, -0.05) is 12.1 Å². The quantitative estimate of drug-likeness (QED) is 0.893. The summed E-state index contributed by atoms with van der Waals surface area (Å²) in [6.45, 7) is 5.28. The second-order valence-corrected chi connectivity index (χ2v) is 7.83. The summed E-state index contributed by atoms with van der Waals surface area (Å²) < 4.78 is 19.2. The first-order valence-corrected chi connectivity index (χ1v) is 9.20. The number of rotatable bonds is 4. The highest BCUT2D eigenvalue weighted by molar-refractivity contribution is 5.87. The fraction of sp³-hybridized carbons (Fsp3) is 0.600. The Morgan fingerprint density at radius 2 is 1.92 bits per heavy atom. The molecule has 1 unspecified atom stereocenters. The van der Waals surface area contributed by atoms with Gasteiger partial charge in [0.2, 0.25) is 5.91 Å². The molecule has 2 saturated heterocycles.